The van der Waals surface area contributed by atoms with Crippen molar-refractivity contribution in [1.29, 1.82) is 0 Å². The molecule has 1 N–H and O–H groups in total. The van der Waals surface area contributed by atoms with Gasteiger partial charge in [0, 0.05) is 5.56 Å². The predicted molar refractivity (Wildman–Crippen MR) is 93.0 cm³/mol. The van der Waals surface area contributed by atoms with Crippen LogP contribution in [-0.4, -0.2) is 11.2 Å². The summed E-state index contributed by atoms with van der Waals surface area (Å²) >= 11 is 0. The Morgan fingerprint density at radius 1 is 0.909 bits per heavy atom. The summed E-state index contributed by atoms with van der Waals surface area (Å²) in [4.78, 5) is 0. The van der Waals surface area contributed by atoms with Crippen LogP contribution < -0.4 is 4.74 Å². The van der Waals surface area contributed by atoms with Gasteiger partial charge in [0.25, 0.3) is 0 Å². The Bertz CT molecular complexity index is 512. The molecule has 0 atom stereocenters. The lowest BCUT2D eigenvalue weighted by molar-refractivity contribution is 0.146. The van der Waals surface area contributed by atoms with E-state index in [2.05, 4.69) is 47.6 Å². The summed E-state index contributed by atoms with van der Waals surface area (Å²) in [5, 5.41) is 10.6. The van der Waals surface area contributed by atoms with Crippen LogP contribution in [0, 0.1) is 0 Å². The van der Waals surface area contributed by atoms with Gasteiger partial charge in [0.2, 0.25) is 0 Å². The molecule has 1 saturated carbocycles. The Labute approximate surface area is 135 Å². The minimum absolute atomic E-state index is 0.0147. The predicted octanol–water partition coefficient (Wildman–Crippen LogP) is 5.70. The first-order valence-electron chi connectivity index (χ1n) is 8.63. The monoisotopic (exact) mass is 304 g/mol. The highest BCUT2D eigenvalue weighted by Crippen LogP contribution is 2.43. The molecule has 1 aromatic carbocycles. The number of hydrogen-bond acceptors (Lipinski definition) is 2. The molecule has 0 heterocycles. The van der Waals surface area contributed by atoms with E-state index in [0.29, 0.717) is 11.5 Å². The molecule has 0 amide bonds. The van der Waals surface area contributed by atoms with Gasteiger partial charge in [0.05, 0.1) is 6.10 Å². The second-order valence-corrected chi connectivity index (χ2v) is 8.75. The second kappa shape index (κ2) is 6.14. The zero-order chi connectivity index (χ0) is 16.5. The molecule has 0 spiro atoms. The summed E-state index contributed by atoms with van der Waals surface area (Å²) in [5.74, 6) is 0.996. The lowest BCUT2D eigenvalue weighted by Crippen LogP contribution is -2.23. The molecule has 124 valence electrons. The Kier molecular flexibility index (Phi) is 4.79. The van der Waals surface area contributed by atoms with E-state index in [1.54, 1.807) is 0 Å². The molecule has 2 heteroatoms. The third-order valence-corrected chi connectivity index (χ3v) is 4.58. The summed E-state index contributed by atoms with van der Waals surface area (Å²) in [7, 11) is 0. The number of phenolic OH excluding ortho intramolecular Hbond substituents is 1. The SMILES string of the molecule is CC(C)(C)c1cc(O)c(OC2CCCCC2)c(C(C)(C)C)c1. The summed E-state index contributed by atoms with van der Waals surface area (Å²) < 4.78 is 6.26. The molecule has 22 heavy (non-hydrogen) atoms. The van der Waals surface area contributed by atoms with Gasteiger partial charge < -0.3 is 9.84 Å². The van der Waals surface area contributed by atoms with E-state index in [-0.39, 0.29) is 16.9 Å². The van der Waals surface area contributed by atoms with Crippen molar-refractivity contribution in [2.24, 2.45) is 0 Å². The molecule has 0 unspecified atom stereocenters. The molecule has 0 saturated heterocycles. The van der Waals surface area contributed by atoms with E-state index in [9.17, 15) is 5.11 Å². The molecule has 0 aliphatic heterocycles. The quantitative estimate of drug-likeness (QED) is 0.759. The van der Waals surface area contributed by atoms with E-state index >= 15 is 0 Å². The van der Waals surface area contributed by atoms with Gasteiger partial charge in [-0.15, -0.1) is 0 Å². The van der Waals surface area contributed by atoms with Crippen LogP contribution in [0.5, 0.6) is 11.5 Å². The fraction of sp³-hybridized carbons (Fsp3) is 0.700. The van der Waals surface area contributed by atoms with E-state index < -0.39 is 0 Å². The number of ether oxygens (including phenoxy) is 1. The third kappa shape index (κ3) is 3.97. The molecule has 1 aromatic rings. The zero-order valence-corrected chi connectivity index (χ0v) is 15.1. The molecule has 1 aliphatic carbocycles. The van der Waals surface area contributed by atoms with Crippen LogP contribution in [0.15, 0.2) is 12.1 Å². The molecule has 0 aromatic heterocycles. The van der Waals surface area contributed by atoms with Crippen LogP contribution in [0.3, 0.4) is 0 Å². The van der Waals surface area contributed by atoms with Crippen LogP contribution in [-0.2, 0) is 10.8 Å². The van der Waals surface area contributed by atoms with Crippen molar-refractivity contribution in [3.05, 3.63) is 23.3 Å². The summed E-state index contributed by atoms with van der Waals surface area (Å²) in [6, 6.07) is 4.10. The Balaban J connectivity index is 2.43. The van der Waals surface area contributed by atoms with Crippen molar-refractivity contribution < 1.29 is 9.84 Å². The highest BCUT2D eigenvalue weighted by atomic mass is 16.5. The van der Waals surface area contributed by atoms with Gasteiger partial charge in [-0.3, -0.25) is 0 Å². The minimum atomic E-state index is -0.0528. The van der Waals surface area contributed by atoms with Crippen LogP contribution in [0.4, 0.5) is 0 Å². The first-order valence-corrected chi connectivity index (χ1v) is 8.63. The molecule has 0 radical (unpaired) electrons. The van der Waals surface area contributed by atoms with Gasteiger partial charge in [-0.25, -0.2) is 0 Å². The molecule has 1 aliphatic rings. The molecule has 1 fully saturated rings. The maximum atomic E-state index is 10.6. The second-order valence-electron chi connectivity index (χ2n) is 8.75. The van der Waals surface area contributed by atoms with Crippen LogP contribution in [0.2, 0.25) is 0 Å². The van der Waals surface area contributed by atoms with Gasteiger partial charge in [0.15, 0.2) is 11.5 Å². The van der Waals surface area contributed by atoms with Crippen molar-refractivity contribution >= 4 is 0 Å². The number of rotatable bonds is 2. The van der Waals surface area contributed by atoms with Crippen molar-refractivity contribution in [3.63, 3.8) is 0 Å². The zero-order valence-electron chi connectivity index (χ0n) is 15.1. The van der Waals surface area contributed by atoms with E-state index in [1.165, 1.54) is 19.3 Å². The highest BCUT2D eigenvalue weighted by Gasteiger charge is 2.28. The number of benzene rings is 1. The number of hydrogen-bond donors (Lipinski definition) is 1. The van der Waals surface area contributed by atoms with Gasteiger partial charge in [-0.2, -0.15) is 0 Å². The van der Waals surface area contributed by atoms with Crippen molar-refractivity contribution in [2.75, 3.05) is 0 Å². The molecular weight excluding hydrogens is 272 g/mol. The largest absolute Gasteiger partial charge is 0.504 e. The van der Waals surface area contributed by atoms with Gasteiger partial charge in [-0.1, -0.05) is 54.0 Å². The Hall–Kier alpha value is -1.18. The van der Waals surface area contributed by atoms with Crippen LogP contribution in [0.1, 0.15) is 84.8 Å². The fourth-order valence-corrected chi connectivity index (χ4v) is 3.08. The van der Waals surface area contributed by atoms with E-state index in [1.807, 2.05) is 6.07 Å². The molecular formula is C20H32O2. The van der Waals surface area contributed by atoms with Crippen LogP contribution >= 0.6 is 0 Å². The van der Waals surface area contributed by atoms with Crippen LogP contribution in [0.25, 0.3) is 0 Å². The standard InChI is InChI=1S/C20H32O2/c1-19(2,3)14-12-16(20(4,5)6)18(17(21)13-14)22-15-10-8-7-9-11-15/h12-13,15,21H,7-11H2,1-6H3. The number of phenols is 1. The summed E-state index contributed by atoms with van der Waals surface area (Å²) in [6.07, 6.45) is 6.23. The fourth-order valence-electron chi connectivity index (χ4n) is 3.08. The normalized spacial score (nSPS) is 17.5. The van der Waals surface area contributed by atoms with Gasteiger partial charge in [-0.05, 0) is 48.1 Å². The number of aromatic hydroxyl groups is 1. The molecule has 0 bridgehead atoms. The maximum Gasteiger partial charge on any atom is 0.165 e. The van der Waals surface area contributed by atoms with Gasteiger partial charge in [0.1, 0.15) is 0 Å². The molecule has 2 rings (SSSR count). The Morgan fingerprint density at radius 2 is 1.50 bits per heavy atom. The first kappa shape index (κ1) is 17.2. The summed E-state index contributed by atoms with van der Waals surface area (Å²) in [5.41, 5.74) is 2.23. The lowest BCUT2D eigenvalue weighted by Gasteiger charge is -2.31. The smallest absolute Gasteiger partial charge is 0.165 e. The van der Waals surface area contributed by atoms with Crippen molar-refractivity contribution in [2.45, 2.75) is 90.6 Å². The van der Waals surface area contributed by atoms with Gasteiger partial charge >= 0.3 is 0 Å². The minimum Gasteiger partial charge on any atom is -0.504 e. The topological polar surface area (TPSA) is 29.5 Å². The average molecular weight is 304 g/mol. The average Bonchev–Trinajstić information content (AvgIpc) is 2.39. The van der Waals surface area contributed by atoms with Crippen molar-refractivity contribution in [3.8, 4) is 11.5 Å². The Morgan fingerprint density at radius 3 is 2.00 bits per heavy atom. The van der Waals surface area contributed by atoms with E-state index in [0.717, 1.165) is 24.0 Å². The highest BCUT2D eigenvalue weighted by molar-refractivity contribution is 5.53. The summed E-state index contributed by atoms with van der Waals surface area (Å²) in [6.45, 7) is 13.1. The lowest BCUT2D eigenvalue weighted by atomic mass is 9.80. The third-order valence-electron chi connectivity index (χ3n) is 4.58. The molecule has 2 nitrogen and oxygen atoms in total. The van der Waals surface area contributed by atoms with Crippen molar-refractivity contribution in [1.82, 2.24) is 0 Å². The first-order chi connectivity index (χ1) is 10.1. The maximum absolute atomic E-state index is 10.6. The van der Waals surface area contributed by atoms with E-state index in [4.69, 9.17) is 4.74 Å².